The molecule has 0 aromatic heterocycles. The number of allylic oxidation sites excluding steroid dienone is 2. The molecule has 3 amide bonds. The van der Waals surface area contributed by atoms with Gasteiger partial charge in [0.15, 0.2) is 0 Å². The number of ether oxygens (including phenoxy) is 2. The van der Waals surface area contributed by atoms with E-state index in [2.05, 4.69) is 17.7 Å². The highest BCUT2D eigenvalue weighted by Crippen LogP contribution is 2.49. The van der Waals surface area contributed by atoms with E-state index in [0.29, 0.717) is 17.9 Å². The van der Waals surface area contributed by atoms with E-state index in [4.69, 9.17) is 4.74 Å². The second-order valence-corrected chi connectivity index (χ2v) is 9.17. The number of amides is 3. The van der Waals surface area contributed by atoms with Crippen LogP contribution in [0.25, 0.3) is 6.08 Å². The maximum absolute atomic E-state index is 13.0. The molecule has 4 rings (SSSR count). The number of phenolic OH excluding ortho intramolecular Hbond substituents is 1. The third-order valence-electron chi connectivity index (χ3n) is 7.05. The molecular formula is C26H31NO6. The van der Waals surface area contributed by atoms with Crippen molar-refractivity contribution in [1.29, 1.82) is 0 Å². The first-order valence-electron chi connectivity index (χ1n) is 11.6. The van der Waals surface area contributed by atoms with Gasteiger partial charge in [-0.25, -0.2) is 4.79 Å². The van der Waals surface area contributed by atoms with Crippen LogP contribution in [0.2, 0.25) is 0 Å². The lowest BCUT2D eigenvalue weighted by Gasteiger charge is -2.30. The highest BCUT2D eigenvalue weighted by molar-refractivity contribution is 6.16. The number of nitrogens with zero attached hydrogens (tertiary/aromatic N) is 1. The fraction of sp³-hybridized carbons (Fsp3) is 0.500. The zero-order valence-electron chi connectivity index (χ0n) is 19.4. The lowest BCUT2D eigenvalue weighted by molar-refractivity contribution is -0.137. The topological polar surface area (TPSA) is 93.1 Å². The quantitative estimate of drug-likeness (QED) is 0.505. The molecular weight excluding hydrogens is 422 g/mol. The molecule has 176 valence electrons. The van der Waals surface area contributed by atoms with Crippen molar-refractivity contribution in [2.75, 3.05) is 13.7 Å². The van der Waals surface area contributed by atoms with E-state index in [1.165, 1.54) is 12.7 Å². The van der Waals surface area contributed by atoms with E-state index in [9.17, 15) is 19.5 Å². The van der Waals surface area contributed by atoms with Gasteiger partial charge in [0.25, 0.3) is 0 Å². The molecule has 2 saturated heterocycles. The van der Waals surface area contributed by atoms with Gasteiger partial charge >= 0.3 is 6.09 Å². The second-order valence-electron chi connectivity index (χ2n) is 9.17. The summed E-state index contributed by atoms with van der Waals surface area (Å²) in [6.07, 6.45) is 5.18. The Labute approximate surface area is 194 Å². The van der Waals surface area contributed by atoms with Gasteiger partial charge in [-0.2, -0.15) is 4.90 Å². The number of aromatic hydroxyl groups is 1. The summed E-state index contributed by atoms with van der Waals surface area (Å²) in [5, 5.41) is 9.76. The number of carbonyl (C=O) groups is 3. The molecule has 7 heteroatoms. The van der Waals surface area contributed by atoms with Crippen LogP contribution in [-0.2, 0) is 19.1 Å². The minimum atomic E-state index is -0.907. The standard InChI is InChI=1S/C26H31NO6/c1-4-6-16(12-17-7-5-8-18(28)13-17)9-10-21-22-15(2)11-19-23(20(22)14-33-21)25(30)27(24(19)29)26(31)32-3/h5,7-8,12-13,19-21,23,28H,4,6,9-11,14H2,1-3H3/b16-12+/t19-,20+,21-,23-/m1/s1. The monoisotopic (exact) mass is 453 g/mol. The molecule has 2 aliphatic heterocycles. The molecule has 3 aliphatic rings. The van der Waals surface area contributed by atoms with E-state index in [1.54, 1.807) is 12.1 Å². The first-order valence-corrected chi connectivity index (χ1v) is 11.6. The van der Waals surface area contributed by atoms with E-state index >= 15 is 0 Å². The zero-order valence-corrected chi connectivity index (χ0v) is 19.4. The van der Waals surface area contributed by atoms with Gasteiger partial charge in [0.2, 0.25) is 11.8 Å². The largest absolute Gasteiger partial charge is 0.508 e. The minimum Gasteiger partial charge on any atom is -0.508 e. The average molecular weight is 454 g/mol. The van der Waals surface area contributed by atoms with Crippen LogP contribution in [-0.4, -0.2) is 47.7 Å². The van der Waals surface area contributed by atoms with Crippen molar-refractivity contribution in [1.82, 2.24) is 4.90 Å². The van der Waals surface area contributed by atoms with Crippen molar-refractivity contribution in [2.45, 2.75) is 52.1 Å². The van der Waals surface area contributed by atoms with E-state index < -0.39 is 29.7 Å². The van der Waals surface area contributed by atoms with Gasteiger partial charge in [-0.1, -0.05) is 42.7 Å². The highest BCUT2D eigenvalue weighted by Gasteiger charge is 2.58. The Morgan fingerprint density at radius 3 is 2.73 bits per heavy atom. The number of methoxy groups -OCH3 is 1. The Morgan fingerprint density at radius 1 is 1.24 bits per heavy atom. The number of benzene rings is 1. The fourth-order valence-electron chi connectivity index (χ4n) is 5.66. The number of hydrogen-bond donors (Lipinski definition) is 1. The summed E-state index contributed by atoms with van der Waals surface area (Å²) >= 11 is 0. The molecule has 0 bridgehead atoms. The number of likely N-dealkylation sites (tertiary alicyclic amines) is 1. The summed E-state index contributed by atoms with van der Waals surface area (Å²) in [5.41, 5.74) is 4.46. The molecule has 0 unspecified atom stereocenters. The van der Waals surface area contributed by atoms with Crippen LogP contribution in [0.15, 0.2) is 41.0 Å². The van der Waals surface area contributed by atoms with Gasteiger partial charge in [0.1, 0.15) is 5.75 Å². The summed E-state index contributed by atoms with van der Waals surface area (Å²) in [6.45, 7) is 4.53. The number of hydrogen-bond acceptors (Lipinski definition) is 6. The lowest BCUT2D eigenvalue weighted by Crippen LogP contribution is -2.37. The van der Waals surface area contributed by atoms with Crippen LogP contribution >= 0.6 is 0 Å². The molecule has 1 aliphatic carbocycles. The maximum atomic E-state index is 13.0. The first-order chi connectivity index (χ1) is 15.8. The van der Waals surface area contributed by atoms with Crippen molar-refractivity contribution in [3.63, 3.8) is 0 Å². The molecule has 0 saturated carbocycles. The van der Waals surface area contributed by atoms with Crippen LogP contribution in [0.5, 0.6) is 5.75 Å². The van der Waals surface area contributed by atoms with Gasteiger partial charge in [-0.15, -0.1) is 0 Å². The van der Waals surface area contributed by atoms with Crippen molar-refractivity contribution in [3.05, 3.63) is 46.5 Å². The van der Waals surface area contributed by atoms with Crippen molar-refractivity contribution >= 4 is 24.0 Å². The Kier molecular flexibility index (Phi) is 6.70. The molecule has 2 heterocycles. The molecule has 0 spiro atoms. The van der Waals surface area contributed by atoms with Crippen LogP contribution < -0.4 is 0 Å². The van der Waals surface area contributed by atoms with E-state index in [1.807, 2.05) is 19.1 Å². The van der Waals surface area contributed by atoms with Crippen LogP contribution in [0.1, 0.15) is 51.5 Å². The van der Waals surface area contributed by atoms with Crippen molar-refractivity contribution in [2.24, 2.45) is 17.8 Å². The molecule has 1 aromatic carbocycles. The predicted octanol–water partition coefficient (Wildman–Crippen LogP) is 4.46. The minimum absolute atomic E-state index is 0.101. The third-order valence-corrected chi connectivity index (χ3v) is 7.05. The Hall–Kier alpha value is -2.93. The molecule has 1 aromatic rings. The summed E-state index contributed by atoms with van der Waals surface area (Å²) in [7, 11) is 1.17. The smallest absolute Gasteiger partial charge is 0.423 e. The highest BCUT2D eigenvalue weighted by atomic mass is 16.5. The SMILES string of the molecule is CCC/C(=C\c1cccc(O)c1)CC[C@H]1OC[C@H]2C1=C(C)C[C@H]1C(=O)N(C(=O)OC)C(=O)[C@H]12. The van der Waals surface area contributed by atoms with E-state index in [-0.39, 0.29) is 17.8 Å². The summed E-state index contributed by atoms with van der Waals surface area (Å²) in [5.74, 6) is -1.93. The first kappa shape index (κ1) is 23.2. The van der Waals surface area contributed by atoms with Crippen LogP contribution in [0.3, 0.4) is 0 Å². The van der Waals surface area contributed by atoms with Gasteiger partial charge in [-0.05, 0) is 55.9 Å². The lowest BCUT2D eigenvalue weighted by atomic mass is 9.70. The maximum Gasteiger partial charge on any atom is 0.423 e. The molecule has 0 radical (unpaired) electrons. The Balaban J connectivity index is 1.51. The Morgan fingerprint density at radius 2 is 2.03 bits per heavy atom. The van der Waals surface area contributed by atoms with Gasteiger partial charge in [-0.3, -0.25) is 9.59 Å². The fourth-order valence-corrected chi connectivity index (χ4v) is 5.66. The molecule has 2 fully saturated rings. The van der Waals surface area contributed by atoms with Crippen molar-refractivity contribution in [3.8, 4) is 5.75 Å². The average Bonchev–Trinajstić information content (AvgIpc) is 3.31. The van der Waals surface area contributed by atoms with Crippen molar-refractivity contribution < 1.29 is 29.0 Å². The van der Waals surface area contributed by atoms with Gasteiger partial charge in [0, 0.05) is 5.92 Å². The number of rotatable bonds is 6. The number of fused-ring (bicyclic) bond motifs is 3. The third kappa shape index (κ3) is 4.34. The zero-order chi connectivity index (χ0) is 23.7. The van der Waals surface area contributed by atoms with Gasteiger partial charge < -0.3 is 14.6 Å². The summed E-state index contributed by atoms with van der Waals surface area (Å²) in [6, 6.07) is 7.22. The summed E-state index contributed by atoms with van der Waals surface area (Å²) in [4.78, 5) is 38.4. The summed E-state index contributed by atoms with van der Waals surface area (Å²) < 4.78 is 10.8. The molecule has 7 nitrogen and oxygen atoms in total. The van der Waals surface area contributed by atoms with Crippen LogP contribution in [0.4, 0.5) is 4.79 Å². The molecule has 33 heavy (non-hydrogen) atoms. The molecule has 4 atom stereocenters. The van der Waals surface area contributed by atoms with E-state index in [0.717, 1.165) is 42.4 Å². The Bertz CT molecular complexity index is 1030. The van der Waals surface area contributed by atoms with Crippen LogP contribution in [0, 0.1) is 17.8 Å². The number of imide groups is 3. The van der Waals surface area contributed by atoms with Gasteiger partial charge in [0.05, 0.1) is 31.7 Å². The molecule has 1 N–H and O–H groups in total. The predicted molar refractivity (Wildman–Crippen MR) is 122 cm³/mol. The number of carbonyl (C=O) groups excluding carboxylic acids is 3. The normalized spacial score (nSPS) is 27.1. The number of phenols is 1. The second kappa shape index (κ2) is 9.51.